The number of hydrogen-bond acceptors (Lipinski definition) is 2. The van der Waals surface area contributed by atoms with Crippen LogP contribution in [0.1, 0.15) is 13.8 Å². The number of carbonyl (C=O) groups is 1. The van der Waals surface area contributed by atoms with Crippen molar-refractivity contribution in [3.05, 3.63) is 24.3 Å². The molecule has 0 fully saturated rings. The Balaban J connectivity index is 2.92. The Morgan fingerprint density at radius 1 is 1.40 bits per heavy atom. The number of amidine groups is 1. The average molecular weight is 203 g/mol. The van der Waals surface area contributed by atoms with Crippen LogP contribution in [-0.2, 0) is 4.79 Å². The van der Waals surface area contributed by atoms with Crippen molar-refractivity contribution in [2.45, 2.75) is 13.8 Å². The summed E-state index contributed by atoms with van der Waals surface area (Å²) in [4.78, 5) is 18.7. The summed E-state index contributed by atoms with van der Waals surface area (Å²) in [5.74, 6) is 0.490. The monoisotopic (exact) mass is 203 g/mol. The predicted molar refractivity (Wildman–Crippen MR) is 63.1 cm³/mol. The molecule has 0 atom stereocenters. The lowest BCUT2D eigenvalue weighted by Gasteiger charge is -2.02. The molecular weight excluding hydrogens is 190 g/mol. The number of nitrogens with one attached hydrogen (secondary N) is 1. The van der Waals surface area contributed by atoms with Crippen molar-refractivity contribution >= 4 is 29.8 Å². The lowest BCUT2D eigenvalue weighted by molar-refractivity contribution is -0.114. The molecule has 0 saturated carbocycles. The Kier molecular flexibility index (Phi) is 3.74. The maximum atomic E-state index is 10.8. The van der Waals surface area contributed by atoms with Gasteiger partial charge in [-0.05, 0) is 31.8 Å². The fourth-order valence-corrected chi connectivity index (χ4v) is 1.08. The van der Waals surface area contributed by atoms with Gasteiger partial charge in [-0.25, -0.2) is 9.98 Å². The Morgan fingerprint density at radius 3 is 2.73 bits per heavy atom. The first-order valence-electron chi connectivity index (χ1n) is 4.51. The van der Waals surface area contributed by atoms with E-state index in [4.69, 9.17) is 0 Å². The van der Waals surface area contributed by atoms with Crippen LogP contribution in [-0.4, -0.2) is 18.5 Å². The van der Waals surface area contributed by atoms with Gasteiger partial charge in [0, 0.05) is 12.6 Å². The lowest BCUT2D eigenvalue weighted by Crippen LogP contribution is -2.05. The van der Waals surface area contributed by atoms with Gasteiger partial charge in [-0.15, -0.1) is 0 Å². The summed E-state index contributed by atoms with van der Waals surface area (Å²) in [5, 5.41) is 2.68. The van der Waals surface area contributed by atoms with Crippen LogP contribution in [0.4, 0.5) is 11.4 Å². The summed E-state index contributed by atoms with van der Waals surface area (Å²) in [7, 11) is 0. The zero-order valence-electron chi connectivity index (χ0n) is 8.82. The molecule has 0 spiro atoms. The number of carbonyl (C=O) groups excluding carboxylic acids is 1. The van der Waals surface area contributed by atoms with Gasteiger partial charge in [-0.2, -0.15) is 0 Å². The first-order valence-corrected chi connectivity index (χ1v) is 4.51. The van der Waals surface area contributed by atoms with Crippen LogP contribution < -0.4 is 5.32 Å². The molecule has 1 amide bonds. The number of rotatable bonds is 2. The van der Waals surface area contributed by atoms with E-state index in [0.717, 1.165) is 11.4 Å². The van der Waals surface area contributed by atoms with Crippen molar-refractivity contribution in [2.24, 2.45) is 9.98 Å². The number of amides is 1. The minimum atomic E-state index is -0.102. The van der Waals surface area contributed by atoms with Crippen molar-refractivity contribution in [1.29, 1.82) is 0 Å². The predicted octanol–water partition coefficient (Wildman–Crippen LogP) is 2.40. The molecule has 0 saturated heterocycles. The molecule has 1 N–H and O–H groups in total. The van der Waals surface area contributed by atoms with Gasteiger partial charge in [0.05, 0.1) is 5.69 Å². The number of hydrogen-bond donors (Lipinski definition) is 1. The van der Waals surface area contributed by atoms with Crippen LogP contribution >= 0.6 is 0 Å². The van der Waals surface area contributed by atoms with E-state index in [-0.39, 0.29) is 5.91 Å². The number of benzene rings is 1. The molecule has 0 aromatic heterocycles. The molecule has 15 heavy (non-hydrogen) atoms. The second kappa shape index (κ2) is 5.05. The maximum Gasteiger partial charge on any atom is 0.221 e. The van der Waals surface area contributed by atoms with Crippen LogP contribution in [0.2, 0.25) is 0 Å². The van der Waals surface area contributed by atoms with Crippen LogP contribution in [0.15, 0.2) is 34.3 Å². The smallest absolute Gasteiger partial charge is 0.221 e. The summed E-state index contributed by atoms with van der Waals surface area (Å²) >= 11 is 0. The third-order valence-corrected chi connectivity index (χ3v) is 1.69. The Morgan fingerprint density at radius 2 is 2.13 bits per heavy atom. The normalized spacial score (nSPS) is 10.9. The summed E-state index contributed by atoms with van der Waals surface area (Å²) in [6.07, 6.45) is 0. The third-order valence-electron chi connectivity index (χ3n) is 1.69. The van der Waals surface area contributed by atoms with Crippen molar-refractivity contribution in [3.63, 3.8) is 0 Å². The minimum Gasteiger partial charge on any atom is -0.326 e. The Hall–Kier alpha value is -1.97. The molecule has 1 rings (SSSR count). The molecule has 1 aromatic rings. The highest BCUT2D eigenvalue weighted by molar-refractivity contribution is 5.90. The molecule has 0 unspecified atom stereocenters. The first-order chi connectivity index (χ1) is 7.11. The van der Waals surface area contributed by atoms with Gasteiger partial charge in [0.1, 0.15) is 5.84 Å². The standard InChI is InChI=1S/C11H13N3O/c1-8(12-3)13-10-5-4-6-11(7-10)14-9(2)15/h4-7H,3H2,1-2H3,(H,14,15). The highest BCUT2D eigenvalue weighted by atomic mass is 16.1. The minimum absolute atomic E-state index is 0.102. The van der Waals surface area contributed by atoms with E-state index in [1.165, 1.54) is 6.92 Å². The fourth-order valence-electron chi connectivity index (χ4n) is 1.08. The Labute approximate surface area is 88.8 Å². The molecule has 0 aliphatic rings. The van der Waals surface area contributed by atoms with Gasteiger partial charge in [0.25, 0.3) is 0 Å². The topological polar surface area (TPSA) is 53.8 Å². The zero-order chi connectivity index (χ0) is 11.3. The van der Waals surface area contributed by atoms with Gasteiger partial charge >= 0.3 is 0 Å². The second-order valence-corrected chi connectivity index (χ2v) is 3.05. The van der Waals surface area contributed by atoms with Gasteiger partial charge in [0.15, 0.2) is 0 Å². The van der Waals surface area contributed by atoms with E-state index in [9.17, 15) is 4.79 Å². The summed E-state index contributed by atoms with van der Waals surface area (Å²) < 4.78 is 0. The zero-order valence-corrected chi connectivity index (χ0v) is 8.82. The van der Waals surface area contributed by atoms with E-state index in [0.29, 0.717) is 5.84 Å². The van der Waals surface area contributed by atoms with E-state index in [2.05, 4.69) is 22.0 Å². The van der Waals surface area contributed by atoms with Crippen molar-refractivity contribution in [1.82, 2.24) is 0 Å². The first kappa shape index (κ1) is 11.1. The molecule has 0 bridgehead atoms. The van der Waals surface area contributed by atoms with Crippen molar-refractivity contribution in [3.8, 4) is 0 Å². The summed E-state index contributed by atoms with van der Waals surface area (Å²) in [5.41, 5.74) is 1.46. The van der Waals surface area contributed by atoms with Crippen LogP contribution in [0.25, 0.3) is 0 Å². The van der Waals surface area contributed by atoms with Crippen LogP contribution in [0.3, 0.4) is 0 Å². The molecule has 0 radical (unpaired) electrons. The van der Waals surface area contributed by atoms with E-state index in [1.54, 1.807) is 19.1 Å². The molecule has 4 heteroatoms. The largest absolute Gasteiger partial charge is 0.326 e. The third kappa shape index (κ3) is 3.72. The van der Waals surface area contributed by atoms with E-state index < -0.39 is 0 Å². The molecule has 0 heterocycles. The summed E-state index contributed by atoms with van der Waals surface area (Å²) in [6.45, 7) is 6.60. The highest BCUT2D eigenvalue weighted by Crippen LogP contribution is 2.18. The number of nitrogens with zero attached hydrogens (tertiary/aromatic N) is 2. The Bertz CT molecular complexity index is 410. The maximum absolute atomic E-state index is 10.8. The van der Waals surface area contributed by atoms with Crippen molar-refractivity contribution < 1.29 is 4.79 Å². The lowest BCUT2D eigenvalue weighted by atomic mass is 10.3. The van der Waals surface area contributed by atoms with E-state index in [1.807, 2.05) is 12.1 Å². The van der Waals surface area contributed by atoms with Gasteiger partial charge in [0.2, 0.25) is 5.91 Å². The van der Waals surface area contributed by atoms with Crippen LogP contribution in [0, 0.1) is 0 Å². The van der Waals surface area contributed by atoms with E-state index >= 15 is 0 Å². The SMILES string of the molecule is C=NC(C)=Nc1cccc(NC(C)=O)c1. The molecule has 78 valence electrons. The number of aliphatic imine (C=N–C) groups is 2. The molecule has 0 aliphatic carbocycles. The fraction of sp³-hybridized carbons (Fsp3) is 0.182. The highest BCUT2D eigenvalue weighted by Gasteiger charge is 1.96. The molecule has 0 aliphatic heterocycles. The van der Waals surface area contributed by atoms with Crippen molar-refractivity contribution in [2.75, 3.05) is 5.32 Å². The molecule has 4 nitrogen and oxygen atoms in total. The van der Waals surface area contributed by atoms with Crippen LogP contribution in [0.5, 0.6) is 0 Å². The van der Waals surface area contributed by atoms with Gasteiger partial charge < -0.3 is 5.32 Å². The second-order valence-electron chi connectivity index (χ2n) is 3.05. The molecular formula is C11H13N3O. The van der Waals surface area contributed by atoms with Gasteiger partial charge in [-0.1, -0.05) is 6.07 Å². The number of anilines is 1. The van der Waals surface area contributed by atoms with Gasteiger partial charge in [-0.3, -0.25) is 4.79 Å². The average Bonchev–Trinajstić information content (AvgIpc) is 2.17. The summed E-state index contributed by atoms with van der Waals surface area (Å²) in [6, 6.07) is 7.23. The molecule has 1 aromatic carbocycles. The quantitative estimate of drug-likeness (QED) is 0.582.